The number of aliphatic carboxylic acids is 1. The zero-order valence-corrected chi connectivity index (χ0v) is 21.5. The number of rotatable bonds is 14. The lowest BCUT2D eigenvalue weighted by Gasteiger charge is -2.21. The Balaban J connectivity index is 1.65. The lowest BCUT2D eigenvalue weighted by molar-refractivity contribution is -0.274. The number of carboxylic acids is 1. The van der Waals surface area contributed by atoms with E-state index in [0.717, 1.165) is 23.2 Å². The summed E-state index contributed by atoms with van der Waals surface area (Å²) in [5.74, 6) is -1.60. The maximum Gasteiger partial charge on any atom is 0.573 e. The third kappa shape index (κ3) is 10.3. The van der Waals surface area contributed by atoms with Crippen LogP contribution in [0, 0.1) is 0 Å². The van der Waals surface area contributed by atoms with Crippen molar-refractivity contribution in [3.63, 3.8) is 0 Å². The molecule has 3 N–H and O–H groups in total. The van der Waals surface area contributed by atoms with Gasteiger partial charge in [0, 0.05) is 24.4 Å². The van der Waals surface area contributed by atoms with Gasteiger partial charge in [-0.15, -0.1) is 13.2 Å². The van der Waals surface area contributed by atoms with E-state index >= 15 is 0 Å². The summed E-state index contributed by atoms with van der Waals surface area (Å²) in [6.45, 7) is 3.14. The van der Waals surface area contributed by atoms with Crippen LogP contribution in [-0.4, -0.2) is 49.1 Å². The van der Waals surface area contributed by atoms with Crippen LogP contribution in [0.4, 0.5) is 18.9 Å². The Hall–Kier alpha value is -4.05. The maximum absolute atomic E-state index is 12.6. The first-order chi connectivity index (χ1) is 18.6. The molecule has 0 aliphatic rings. The van der Waals surface area contributed by atoms with Gasteiger partial charge < -0.3 is 25.2 Å². The summed E-state index contributed by atoms with van der Waals surface area (Å²) < 4.78 is 47.5. The number of hydrogen-bond acceptors (Lipinski definition) is 5. The molecule has 10 heteroatoms. The third-order valence-electron chi connectivity index (χ3n) is 5.65. The van der Waals surface area contributed by atoms with E-state index in [0.29, 0.717) is 30.8 Å². The number of carboxylic acid groups (broad SMARTS) is 1. The Morgan fingerprint density at radius 3 is 2.33 bits per heavy atom. The van der Waals surface area contributed by atoms with Gasteiger partial charge in [-0.25, -0.2) is 0 Å². The standard InChI is InChI=1S/C29H31F3N2O5/c1-2-16-38-19-25(34-24-12-10-22(11-13-24)28(37)33-15-14-27(35)36)17-20-6-8-21(9-7-20)23-4-3-5-26(18-23)39-29(30,31)32/h3-13,18,25,34H,2,14-17,19H2,1H3,(H,33,37)(H,35,36). The summed E-state index contributed by atoms with van der Waals surface area (Å²) in [7, 11) is 0. The van der Waals surface area contributed by atoms with Crippen LogP contribution in [0.5, 0.6) is 5.75 Å². The van der Waals surface area contributed by atoms with E-state index < -0.39 is 12.3 Å². The molecule has 0 heterocycles. The summed E-state index contributed by atoms with van der Waals surface area (Å²) in [5.41, 5.74) is 3.59. The molecule has 3 aromatic rings. The van der Waals surface area contributed by atoms with Crippen LogP contribution >= 0.6 is 0 Å². The number of ether oxygens (including phenoxy) is 2. The minimum Gasteiger partial charge on any atom is -0.481 e. The van der Waals surface area contributed by atoms with Gasteiger partial charge in [-0.05, 0) is 65.9 Å². The van der Waals surface area contributed by atoms with Crippen molar-refractivity contribution in [2.24, 2.45) is 0 Å². The quantitative estimate of drug-likeness (QED) is 0.219. The number of anilines is 1. The van der Waals surface area contributed by atoms with Gasteiger partial charge >= 0.3 is 12.3 Å². The second kappa shape index (κ2) is 14.2. The molecule has 3 aromatic carbocycles. The molecule has 1 amide bonds. The Morgan fingerprint density at radius 1 is 0.974 bits per heavy atom. The molecule has 1 unspecified atom stereocenters. The molecule has 0 aliphatic heterocycles. The number of carbonyl (C=O) groups is 2. The van der Waals surface area contributed by atoms with E-state index in [1.165, 1.54) is 18.2 Å². The van der Waals surface area contributed by atoms with Crippen molar-refractivity contribution in [3.8, 4) is 16.9 Å². The molecule has 3 rings (SSSR count). The minimum atomic E-state index is -4.75. The molecule has 0 radical (unpaired) electrons. The van der Waals surface area contributed by atoms with Crippen LogP contribution in [0.2, 0.25) is 0 Å². The smallest absolute Gasteiger partial charge is 0.481 e. The highest BCUT2D eigenvalue weighted by molar-refractivity contribution is 5.94. The van der Waals surface area contributed by atoms with Crippen LogP contribution in [0.25, 0.3) is 11.1 Å². The fourth-order valence-electron chi connectivity index (χ4n) is 3.85. The van der Waals surface area contributed by atoms with Crippen LogP contribution in [0.15, 0.2) is 72.8 Å². The topological polar surface area (TPSA) is 96.9 Å². The highest BCUT2D eigenvalue weighted by Crippen LogP contribution is 2.28. The van der Waals surface area contributed by atoms with Gasteiger partial charge in [0.15, 0.2) is 0 Å². The monoisotopic (exact) mass is 544 g/mol. The van der Waals surface area contributed by atoms with Crippen LogP contribution < -0.4 is 15.4 Å². The molecular weight excluding hydrogens is 513 g/mol. The number of alkyl halides is 3. The number of hydrogen-bond donors (Lipinski definition) is 3. The van der Waals surface area contributed by atoms with Crippen molar-refractivity contribution >= 4 is 17.6 Å². The van der Waals surface area contributed by atoms with Gasteiger partial charge in [0.25, 0.3) is 5.91 Å². The van der Waals surface area contributed by atoms with Crippen molar-refractivity contribution in [2.45, 2.75) is 38.6 Å². The number of nitrogens with one attached hydrogen (secondary N) is 2. The number of amides is 1. The average Bonchev–Trinajstić information content (AvgIpc) is 2.88. The van der Waals surface area contributed by atoms with Crippen LogP contribution in [0.1, 0.15) is 35.7 Å². The first-order valence-corrected chi connectivity index (χ1v) is 12.5. The zero-order chi connectivity index (χ0) is 28.3. The van der Waals surface area contributed by atoms with Crippen molar-refractivity contribution in [3.05, 3.63) is 83.9 Å². The van der Waals surface area contributed by atoms with Crippen LogP contribution in [-0.2, 0) is 16.0 Å². The van der Waals surface area contributed by atoms with Gasteiger partial charge in [-0.1, -0.05) is 43.3 Å². The second-order valence-corrected chi connectivity index (χ2v) is 8.87. The Labute approximate surface area is 225 Å². The Kier molecular flexibility index (Phi) is 10.7. The molecule has 208 valence electrons. The van der Waals surface area contributed by atoms with Gasteiger partial charge in [-0.3, -0.25) is 9.59 Å². The van der Waals surface area contributed by atoms with E-state index in [9.17, 15) is 22.8 Å². The fraction of sp³-hybridized carbons (Fsp3) is 0.310. The molecule has 0 fully saturated rings. The minimum absolute atomic E-state index is 0.0522. The molecule has 0 aromatic heterocycles. The van der Waals surface area contributed by atoms with Crippen molar-refractivity contribution in [1.29, 1.82) is 0 Å². The van der Waals surface area contributed by atoms with Gasteiger partial charge in [0.1, 0.15) is 5.75 Å². The molecule has 0 aliphatic carbocycles. The van der Waals surface area contributed by atoms with Crippen LogP contribution in [0.3, 0.4) is 0 Å². The Bertz CT molecular complexity index is 1210. The zero-order valence-electron chi connectivity index (χ0n) is 21.5. The SMILES string of the molecule is CCCOCC(Cc1ccc(-c2cccc(OC(F)(F)F)c2)cc1)Nc1ccc(C(=O)NCCC(=O)O)cc1. The van der Waals surface area contributed by atoms with E-state index in [4.69, 9.17) is 9.84 Å². The average molecular weight is 545 g/mol. The van der Waals surface area contributed by atoms with Gasteiger partial charge in [-0.2, -0.15) is 0 Å². The summed E-state index contributed by atoms with van der Waals surface area (Å²) in [6, 6.07) is 20.2. The maximum atomic E-state index is 12.6. The van der Waals surface area contributed by atoms with Crippen molar-refractivity contribution in [2.75, 3.05) is 25.1 Å². The van der Waals surface area contributed by atoms with E-state index in [1.54, 1.807) is 30.3 Å². The lowest BCUT2D eigenvalue weighted by atomic mass is 10.0. The lowest BCUT2D eigenvalue weighted by Crippen LogP contribution is -2.28. The van der Waals surface area contributed by atoms with Gasteiger partial charge in [0.05, 0.1) is 19.1 Å². The first kappa shape index (κ1) is 29.5. The molecule has 0 spiro atoms. The van der Waals surface area contributed by atoms with E-state index in [2.05, 4.69) is 15.4 Å². The number of halogens is 3. The summed E-state index contributed by atoms with van der Waals surface area (Å²) in [4.78, 5) is 22.8. The molecule has 0 bridgehead atoms. The molecular formula is C29H31F3N2O5. The number of carbonyl (C=O) groups excluding carboxylic acids is 1. The largest absolute Gasteiger partial charge is 0.573 e. The van der Waals surface area contributed by atoms with Gasteiger partial charge in [0.2, 0.25) is 0 Å². The first-order valence-electron chi connectivity index (χ1n) is 12.5. The fourth-order valence-corrected chi connectivity index (χ4v) is 3.85. The second-order valence-electron chi connectivity index (χ2n) is 8.87. The molecule has 39 heavy (non-hydrogen) atoms. The van der Waals surface area contributed by atoms with E-state index in [-0.39, 0.29) is 30.7 Å². The highest BCUT2D eigenvalue weighted by Gasteiger charge is 2.31. The Morgan fingerprint density at radius 2 is 1.69 bits per heavy atom. The molecule has 0 saturated heterocycles. The normalized spacial score (nSPS) is 12.0. The highest BCUT2D eigenvalue weighted by atomic mass is 19.4. The summed E-state index contributed by atoms with van der Waals surface area (Å²) in [6.07, 6.45) is -3.40. The molecule has 1 atom stereocenters. The number of benzene rings is 3. The third-order valence-corrected chi connectivity index (χ3v) is 5.65. The van der Waals surface area contributed by atoms with E-state index in [1.807, 2.05) is 31.2 Å². The summed E-state index contributed by atoms with van der Waals surface area (Å²) in [5, 5.41) is 14.7. The molecule has 7 nitrogen and oxygen atoms in total. The molecule has 0 saturated carbocycles. The van der Waals surface area contributed by atoms with Crippen molar-refractivity contribution < 1.29 is 37.3 Å². The predicted octanol–water partition coefficient (Wildman–Crippen LogP) is 5.91. The van der Waals surface area contributed by atoms with Crippen molar-refractivity contribution in [1.82, 2.24) is 5.32 Å². The predicted molar refractivity (Wildman–Crippen MR) is 142 cm³/mol. The summed E-state index contributed by atoms with van der Waals surface area (Å²) >= 11 is 0.